The van der Waals surface area contributed by atoms with E-state index >= 15 is 0 Å². The molecule has 0 bridgehead atoms. The van der Waals surface area contributed by atoms with Crippen molar-refractivity contribution in [1.82, 2.24) is 0 Å². The van der Waals surface area contributed by atoms with Gasteiger partial charge in [0.15, 0.2) is 5.17 Å². The minimum atomic E-state index is -0.398. The summed E-state index contributed by atoms with van der Waals surface area (Å²) >= 11 is 7.15. The van der Waals surface area contributed by atoms with Crippen molar-refractivity contribution in [3.05, 3.63) is 70.8 Å². The second kappa shape index (κ2) is 11.0. The molecule has 0 unspecified atom stereocenters. The maximum Gasteiger partial charge on any atom is 0.334 e. The zero-order valence-corrected chi connectivity index (χ0v) is 16.8. The van der Waals surface area contributed by atoms with E-state index in [2.05, 4.69) is 4.99 Å². The molecule has 2 rings (SSSR count). The van der Waals surface area contributed by atoms with Crippen molar-refractivity contribution in [2.45, 2.75) is 0 Å². The molecule has 0 aromatic heterocycles. The van der Waals surface area contributed by atoms with Gasteiger partial charge in [-0.15, -0.1) is 17.0 Å². The number of halogens is 2. The highest BCUT2D eigenvalue weighted by Gasteiger charge is 2.11. The molecule has 7 heteroatoms. The zero-order valence-electron chi connectivity index (χ0n) is 13.5. The zero-order chi connectivity index (χ0) is 17.4. The third-order valence-electron chi connectivity index (χ3n) is 3.03. The summed E-state index contributed by atoms with van der Waals surface area (Å²) in [5.41, 5.74) is 8.05. The normalized spacial score (nSPS) is 11.6. The van der Waals surface area contributed by atoms with E-state index in [0.717, 1.165) is 11.3 Å². The SMILES string of the molecule is Br.COC(=O)/C(=C/c1ccc(Cl)cc1)CSC(N)=Nc1ccccc1. The van der Waals surface area contributed by atoms with Crippen molar-refractivity contribution in [3.63, 3.8) is 0 Å². The summed E-state index contributed by atoms with van der Waals surface area (Å²) in [6.07, 6.45) is 1.75. The minimum absolute atomic E-state index is 0. The number of thioether (sulfide) groups is 1. The largest absolute Gasteiger partial charge is 0.466 e. The number of carbonyl (C=O) groups excluding carboxylic acids is 1. The average Bonchev–Trinajstić information content (AvgIpc) is 2.60. The molecule has 0 aliphatic rings. The van der Waals surface area contributed by atoms with Gasteiger partial charge in [0.2, 0.25) is 0 Å². The molecule has 0 amide bonds. The first-order valence-electron chi connectivity index (χ1n) is 7.15. The highest BCUT2D eigenvalue weighted by Crippen LogP contribution is 2.18. The molecule has 2 aromatic carbocycles. The molecule has 0 saturated carbocycles. The van der Waals surface area contributed by atoms with Crippen molar-refractivity contribution in [2.75, 3.05) is 12.9 Å². The monoisotopic (exact) mass is 440 g/mol. The fourth-order valence-corrected chi connectivity index (χ4v) is 2.67. The van der Waals surface area contributed by atoms with Gasteiger partial charge in [0, 0.05) is 16.3 Å². The fraction of sp³-hybridized carbons (Fsp3) is 0.111. The first-order chi connectivity index (χ1) is 11.6. The predicted octanol–water partition coefficient (Wildman–Crippen LogP) is 4.85. The molecule has 0 heterocycles. The quantitative estimate of drug-likeness (QED) is 0.312. The number of amidine groups is 1. The van der Waals surface area contributed by atoms with Gasteiger partial charge in [0.05, 0.1) is 12.8 Å². The number of para-hydroxylation sites is 1. The van der Waals surface area contributed by atoms with Crippen molar-refractivity contribution >= 4 is 63.2 Å². The maximum absolute atomic E-state index is 11.9. The van der Waals surface area contributed by atoms with Crippen molar-refractivity contribution < 1.29 is 9.53 Å². The van der Waals surface area contributed by atoms with Crippen molar-refractivity contribution in [3.8, 4) is 0 Å². The Morgan fingerprint density at radius 1 is 1.20 bits per heavy atom. The van der Waals surface area contributed by atoms with E-state index in [0.29, 0.717) is 21.5 Å². The van der Waals surface area contributed by atoms with E-state index in [1.807, 2.05) is 42.5 Å². The highest BCUT2D eigenvalue weighted by atomic mass is 79.9. The molecule has 0 fully saturated rings. The van der Waals surface area contributed by atoms with Crippen molar-refractivity contribution in [2.24, 2.45) is 10.7 Å². The van der Waals surface area contributed by atoms with Gasteiger partial charge in [-0.1, -0.05) is 53.7 Å². The Morgan fingerprint density at radius 3 is 2.44 bits per heavy atom. The van der Waals surface area contributed by atoms with E-state index in [1.54, 1.807) is 18.2 Å². The predicted molar refractivity (Wildman–Crippen MR) is 112 cm³/mol. The molecule has 0 aliphatic heterocycles. The van der Waals surface area contributed by atoms with E-state index in [4.69, 9.17) is 22.1 Å². The topological polar surface area (TPSA) is 64.7 Å². The lowest BCUT2D eigenvalue weighted by Crippen LogP contribution is -2.12. The van der Waals surface area contributed by atoms with Crippen LogP contribution in [0.15, 0.2) is 65.2 Å². The summed E-state index contributed by atoms with van der Waals surface area (Å²) in [4.78, 5) is 16.2. The number of ether oxygens (including phenoxy) is 1. The van der Waals surface area contributed by atoms with Crippen molar-refractivity contribution in [1.29, 1.82) is 0 Å². The Morgan fingerprint density at radius 2 is 1.84 bits per heavy atom. The molecule has 0 atom stereocenters. The highest BCUT2D eigenvalue weighted by molar-refractivity contribution is 8.93. The molecule has 2 aromatic rings. The lowest BCUT2D eigenvalue weighted by atomic mass is 10.1. The molecular formula is C18H18BrClN2O2S. The molecule has 25 heavy (non-hydrogen) atoms. The Balaban J connectivity index is 0.00000312. The smallest absolute Gasteiger partial charge is 0.334 e. The van der Waals surface area contributed by atoms with E-state index in [1.165, 1.54) is 18.9 Å². The van der Waals surface area contributed by atoms with Crippen LogP contribution in [0, 0.1) is 0 Å². The van der Waals surface area contributed by atoms with E-state index in [9.17, 15) is 4.79 Å². The van der Waals surface area contributed by atoms with Crippen LogP contribution in [0.4, 0.5) is 5.69 Å². The minimum Gasteiger partial charge on any atom is -0.466 e. The summed E-state index contributed by atoms with van der Waals surface area (Å²) in [6.45, 7) is 0. The lowest BCUT2D eigenvalue weighted by Gasteiger charge is -2.06. The summed E-state index contributed by atoms with van der Waals surface area (Å²) in [7, 11) is 1.35. The Labute approximate surface area is 166 Å². The van der Waals surface area contributed by atoms with E-state index < -0.39 is 5.97 Å². The van der Waals surface area contributed by atoms with Gasteiger partial charge >= 0.3 is 5.97 Å². The Hall–Kier alpha value is -1.76. The number of hydrogen-bond donors (Lipinski definition) is 1. The standard InChI is InChI=1S/C18H17ClN2O2S.BrH/c1-23-17(22)14(11-13-7-9-15(19)10-8-13)12-24-18(20)21-16-5-3-2-4-6-16;/h2-11H,12H2,1H3,(H2,20,21);1H/b14-11+;. The van der Waals surface area contributed by atoms with E-state index in [-0.39, 0.29) is 17.0 Å². The summed E-state index contributed by atoms with van der Waals surface area (Å²) in [5.74, 6) is -0.0396. The van der Waals surface area contributed by atoms with Gasteiger partial charge in [0.25, 0.3) is 0 Å². The van der Waals surface area contributed by atoms with Crippen LogP contribution in [-0.2, 0) is 9.53 Å². The van der Waals surface area contributed by atoms with Gasteiger partial charge in [-0.2, -0.15) is 0 Å². The number of nitrogens with zero attached hydrogens (tertiary/aromatic N) is 1. The average molecular weight is 442 g/mol. The van der Waals surface area contributed by atoms with Crippen LogP contribution in [-0.4, -0.2) is 24.0 Å². The summed E-state index contributed by atoms with van der Waals surface area (Å²) in [6, 6.07) is 16.6. The van der Waals surface area contributed by atoms with Gasteiger partial charge in [-0.05, 0) is 35.9 Å². The van der Waals surface area contributed by atoms with Gasteiger partial charge in [0.1, 0.15) is 0 Å². The number of rotatable bonds is 5. The summed E-state index contributed by atoms with van der Waals surface area (Å²) in [5, 5.41) is 1.02. The number of hydrogen-bond acceptors (Lipinski definition) is 4. The third kappa shape index (κ3) is 7.34. The summed E-state index contributed by atoms with van der Waals surface area (Å²) < 4.78 is 4.83. The molecular weight excluding hydrogens is 424 g/mol. The van der Waals surface area contributed by atoms with Crippen LogP contribution in [0.25, 0.3) is 6.08 Å². The molecule has 2 N–H and O–H groups in total. The van der Waals surface area contributed by atoms with Crippen LogP contribution < -0.4 is 5.73 Å². The van der Waals surface area contributed by atoms with Crippen LogP contribution in [0.1, 0.15) is 5.56 Å². The maximum atomic E-state index is 11.9. The number of carbonyl (C=O) groups is 1. The molecule has 0 spiro atoms. The second-order valence-electron chi connectivity index (χ2n) is 4.79. The van der Waals surface area contributed by atoms with Gasteiger partial charge < -0.3 is 10.5 Å². The number of nitrogens with two attached hydrogens (primary N) is 1. The van der Waals surface area contributed by atoms with Gasteiger partial charge in [-0.3, -0.25) is 0 Å². The first-order valence-corrected chi connectivity index (χ1v) is 8.51. The number of aliphatic imine (C=N–C) groups is 1. The first kappa shape index (κ1) is 21.3. The number of methoxy groups -OCH3 is 1. The third-order valence-corrected chi connectivity index (χ3v) is 4.12. The number of esters is 1. The molecule has 0 aliphatic carbocycles. The number of benzene rings is 2. The van der Waals surface area contributed by atoms with Crippen LogP contribution in [0.3, 0.4) is 0 Å². The Kier molecular flexibility index (Phi) is 9.34. The molecule has 0 radical (unpaired) electrons. The van der Waals surface area contributed by atoms with Crippen LogP contribution in [0.2, 0.25) is 5.02 Å². The van der Waals surface area contributed by atoms with Crippen LogP contribution in [0.5, 0.6) is 0 Å². The lowest BCUT2D eigenvalue weighted by molar-refractivity contribution is -0.135. The second-order valence-corrected chi connectivity index (χ2v) is 6.22. The molecule has 4 nitrogen and oxygen atoms in total. The Bertz CT molecular complexity index is 749. The van der Waals surface area contributed by atoms with Gasteiger partial charge in [-0.25, -0.2) is 9.79 Å². The molecule has 132 valence electrons. The van der Waals surface area contributed by atoms with Crippen LogP contribution >= 0.6 is 40.3 Å². The molecule has 0 saturated heterocycles. The fourth-order valence-electron chi connectivity index (χ4n) is 1.86.